The summed E-state index contributed by atoms with van der Waals surface area (Å²) in [6, 6.07) is 0. The van der Waals surface area contributed by atoms with Gasteiger partial charge < -0.3 is 9.64 Å². The molecule has 2 saturated heterocycles. The fourth-order valence-corrected chi connectivity index (χ4v) is 3.35. The number of aromatic nitrogens is 2. The third kappa shape index (κ3) is 2.81. The van der Waals surface area contributed by atoms with Crippen LogP contribution in [-0.4, -0.2) is 60.2 Å². The van der Waals surface area contributed by atoms with Crippen LogP contribution in [0, 0.1) is 12.8 Å². The largest absolute Gasteiger partial charge is 0.381 e. The molecule has 1 atom stereocenters. The lowest BCUT2D eigenvalue weighted by molar-refractivity contribution is 0.164. The van der Waals surface area contributed by atoms with Crippen LogP contribution in [0.25, 0.3) is 0 Å². The number of piperazine rings is 1. The minimum absolute atomic E-state index is 0.750. The first-order chi connectivity index (χ1) is 8.81. The molecule has 100 valence electrons. The molecule has 0 aliphatic carbocycles. The van der Waals surface area contributed by atoms with Gasteiger partial charge in [-0.05, 0) is 19.3 Å². The van der Waals surface area contributed by atoms with Gasteiger partial charge in [0, 0.05) is 50.9 Å². The van der Waals surface area contributed by atoms with E-state index in [2.05, 4.69) is 19.2 Å². The molecule has 18 heavy (non-hydrogen) atoms. The highest BCUT2D eigenvalue weighted by molar-refractivity contribution is 7.09. The van der Waals surface area contributed by atoms with Crippen LogP contribution >= 0.6 is 11.5 Å². The first kappa shape index (κ1) is 12.3. The van der Waals surface area contributed by atoms with Crippen LogP contribution < -0.4 is 4.90 Å². The molecule has 2 fully saturated rings. The Labute approximate surface area is 112 Å². The molecule has 2 aliphatic rings. The van der Waals surface area contributed by atoms with E-state index in [1.165, 1.54) is 24.5 Å². The van der Waals surface area contributed by atoms with E-state index in [1.807, 2.05) is 6.92 Å². The summed E-state index contributed by atoms with van der Waals surface area (Å²) in [5.41, 5.74) is 0. The van der Waals surface area contributed by atoms with E-state index >= 15 is 0 Å². The number of anilines is 1. The van der Waals surface area contributed by atoms with E-state index in [0.717, 1.165) is 56.3 Å². The maximum absolute atomic E-state index is 5.44. The average molecular weight is 268 g/mol. The minimum Gasteiger partial charge on any atom is -0.381 e. The van der Waals surface area contributed by atoms with Gasteiger partial charge in [0.15, 0.2) is 0 Å². The molecule has 3 rings (SSSR count). The summed E-state index contributed by atoms with van der Waals surface area (Å²) in [5.74, 6) is 1.64. The third-order valence-electron chi connectivity index (χ3n) is 3.70. The molecule has 3 heterocycles. The second-order valence-corrected chi connectivity index (χ2v) is 5.87. The molecule has 2 aliphatic heterocycles. The number of rotatable bonds is 3. The first-order valence-corrected chi connectivity index (χ1v) is 7.44. The summed E-state index contributed by atoms with van der Waals surface area (Å²) < 4.78 is 9.69. The van der Waals surface area contributed by atoms with E-state index in [1.54, 1.807) is 0 Å². The van der Waals surface area contributed by atoms with Gasteiger partial charge in [-0.15, -0.1) is 0 Å². The van der Waals surface area contributed by atoms with Gasteiger partial charge in [-0.2, -0.15) is 4.37 Å². The van der Waals surface area contributed by atoms with Gasteiger partial charge in [0.2, 0.25) is 5.13 Å². The highest BCUT2D eigenvalue weighted by Crippen LogP contribution is 2.20. The maximum Gasteiger partial charge on any atom is 0.205 e. The van der Waals surface area contributed by atoms with Crippen LogP contribution in [0.3, 0.4) is 0 Å². The van der Waals surface area contributed by atoms with Gasteiger partial charge in [-0.3, -0.25) is 4.90 Å². The van der Waals surface area contributed by atoms with Crippen molar-refractivity contribution in [3.8, 4) is 0 Å². The highest BCUT2D eigenvalue weighted by Gasteiger charge is 2.23. The van der Waals surface area contributed by atoms with E-state index in [9.17, 15) is 0 Å². The normalized spacial score (nSPS) is 25.8. The minimum atomic E-state index is 0.750. The zero-order valence-electron chi connectivity index (χ0n) is 10.8. The van der Waals surface area contributed by atoms with Gasteiger partial charge in [0.05, 0.1) is 6.61 Å². The van der Waals surface area contributed by atoms with Crippen molar-refractivity contribution in [2.75, 3.05) is 50.8 Å². The third-order valence-corrected chi connectivity index (χ3v) is 4.57. The smallest absolute Gasteiger partial charge is 0.205 e. The van der Waals surface area contributed by atoms with Crippen LogP contribution in [0.15, 0.2) is 0 Å². The van der Waals surface area contributed by atoms with Crippen molar-refractivity contribution in [3.05, 3.63) is 5.82 Å². The number of hydrogen-bond acceptors (Lipinski definition) is 6. The fraction of sp³-hybridized carbons (Fsp3) is 0.833. The predicted octanol–water partition coefficient (Wildman–Crippen LogP) is 1.01. The Morgan fingerprint density at radius 2 is 2.17 bits per heavy atom. The number of aryl methyl sites for hydroxylation is 1. The summed E-state index contributed by atoms with van der Waals surface area (Å²) in [6.45, 7) is 9.47. The molecule has 6 heteroatoms. The number of ether oxygens (including phenoxy) is 1. The molecule has 0 spiro atoms. The van der Waals surface area contributed by atoms with Crippen LogP contribution in [0.2, 0.25) is 0 Å². The Balaban J connectivity index is 1.48. The Bertz CT molecular complexity index is 383. The monoisotopic (exact) mass is 268 g/mol. The molecule has 0 bridgehead atoms. The molecule has 0 aromatic carbocycles. The Morgan fingerprint density at radius 1 is 1.33 bits per heavy atom. The van der Waals surface area contributed by atoms with Gasteiger partial charge in [-0.1, -0.05) is 0 Å². The van der Waals surface area contributed by atoms with Crippen molar-refractivity contribution in [3.63, 3.8) is 0 Å². The van der Waals surface area contributed by atoms with Crippen LogP contribution in [-0.2, 0) is 4.74 Å². The van der Waals surface area contributed by atoms with Crippen LogP contribution in [0.5, 0.6) is 0 Å². The standard InChI is InChI=1S/C12H20N4OS/c1-10-13-12(18-14-10)16-5-3-15(4-6-16)8-11-2-7-17-9-11/h11H,2-9H2,1H3. The molecule has 5 nitrogen and oxygen atoms in total. The molecular weight excluding hydrogens is 248 g/mol. The molecule has 0 radical (unpaired) electrons. The van der Waals surface area contributed by atoms with Crippen molar-refractivity contribution in [1.29, 1.82) is 0 Å². The lowest BCUT2D eigenvalue weighted by Gasteiger charge is -2.35. The Morgan fingerprint density at radius 3 is 2.78 bits per heavy atom. The van der Waals surface area contributed by atoms with E-state index in [-0.39, 0.29) is 0 Å². The van der Waals surface area contributed by atoms with E-state index < -0.39 is 0 Å². The first-order valence-electron chi connectivity index (χ1n) is 6.66. The number of nitrogens with zero attached hydrogens (tertiary/aromatic N) is 4. The fourth-order valence-electron chi connectivity index (χ4n) is 2.63. The topological polar surface area (TPSA) is 41.5 Å². The van der Waals surface area contributed by atoms with Gasteiger partial charge >= 0.3 is 0 Å². The van der Waals surface area contributed by atoms with Crippen molar-refractivity contribution in [1.82, 2.24) is 14.3 Å². The van der Waals surface area contributed by atoms with Gasteiger partial charge in [0.1, 0.15) is 5.82 Å². The molecule has 1 aromatic rings. The second-order valence-electron chi connectivity index (χ2n) is 5.14. The molecular formula is C12H20N4OS. The summed E-state index contributed by atoms with van der Waals surface area (Å²) in [4.78, 5) is 9.37. The van der Waals surface area contributed by atoms with Crippen LogP contribution in [0.4, 0.5) is 5.13 Å². The van der Waals surface area contributed by atoms with Crippen molar-refractivity contribution in [2.45, 2.75) is 13.3 Å². The van der Waals surface area contributed by atoms with Crippen molar-refractivity contribution < 1.29 is 4.74 Å². The molecule has 0 N–H and O–H groups in total. The molecule has 0 amide bonds. The summed E-state index contributed by atoms with van der Waals surface area (Å²) in [6.07, 6.45) is 1.23. The average Bonchev–Trinajstić information content (AvgIpc) is 3.02. The Kier molecular flexibility index (Phi) is 3.77. The number of hydrogen-bond donors (Lipinski definition) is 0. The molecule has 1 aromatic heterocycles. The maximum atomic E-state index is 5.44. The van der Waals surface area contributed by atoms with Gasteiger partial charge in [0.25, 0.3) is 0 Å². The summed E-state index contributed by atoms with van der Waals surface area (Å²) >= 11 is 1.52. The summed E-state index contributed by atoms with van der Waals surface area (Å²) in [5, 5.41) is 1.08. The zero-order chi connectivity index (χ0) is 12.4. The highest BCUT2D eigenvalue weighted by atomic mass is 32.1. The lowest BCUT2D eigenvalue weighted by Crippen LogP contribution is -2.47. The van der Waals surface area contributed by atoms with Gasteiger partial charge in [-0.25, -0.2) is 4.98 Å². The Hall–Kier alpha value is -0.720. The molecule has 1 unspecified atom stereocenters. The predicted molar refractivity (Wildman–Crippen MR) is 72.2 cm³/mol. The quantitative estimate of drug-likeness (QED) is 0.818. The van der Waals surface area contributed by atoms with Crippen molar-refractivity contribution >= 4 is 16.7 Å². The van der Waals surface area contributed by atoms with E-state index in [0.29, 0.717) is 0 Å². The second kappa shape index (κ2) is 5.50. The SMILES string of the molecule is Cc1nsc(N2CCN(CC3CCOC3)CC2)n1. The van der Waals surface area contributed by atoms with Crippen molar-refractivity contribution in [2.24, 2.45) is 5.92 Å². The van der Waals surface area contributed by atoms with E-state index in [4.69, 9.17) is 4.74 Å². The zero-order valence-corrected chi connectivity index (χ0v) is 11.7. The summed E-state index contributed by atoms with van der Waals surface area (Å²) in [7, 11) is 0. The molecule has 0 saturated carbocycles. The lowest BCUT2D eigenvalue weighted by atomic mass is 10.1. The van der Waals surface area contributed by atoms with Crippen LogP contribution in [0.1, 0.15) is 12.2 Å².